The Bertz CT molecular complexity index is 1330. The number of hydrogen-bond acceptors (Lipinski definition) is 3. The molecule has 1 fully saturated rings. The molecule has 2 aliphatic heterocycles. The van der Waals surface area contributed by atoms with Gasteiger partial charge in [-0.1, -0.05) is 65.7 Å². The minimum absolute atomic E-state index is 0.920. The highest BCUT2D eigenvalue weighted by Gasteiger charge is 2.29. The Morgan fingerprint density at radius 3 is 1.89 bits per heavy atom. The van der Waals surface area contributed by atoms with Crippen LogP contribution in [0, 0.1) is 41.5 Å². The first-order valence-electron chi connectivity index (χ1n) is 12.5. The summed E-state index contributed by atoms with van der Waals surface area (Å²) in [6, 6.07) is 19.8. The molecule has 0 aliphatic carbocycles. The Kier molecular flexibility index (Phi) is 6.02. The van der Waals surface area contributed by atoms with E-state index in [-0.39, 0.29) is 0 Å². The summed E-state index contributed by atoms with van der Waals surface area (Å²) in [5.41, 5.74) is 14.0. The topological polar surface area (TPSA) is 18.5 Å². The molecule has 2 heterocycles. The highest BCUT2D eigenvalue weighted by atomic mass is 15.3. The van der Waals surface area contributed by atoms with Crippen LogP contribution in [0.2, 0.25) is 0 Å². The average Bonchev–Trinajstić information content (AvgIpc) is 3.27. The number of allylic oxidation sites excluding steroid dienone is 3. The van der Waals surface area contributed by atoms with E-state index in [0.29, 0.717) is 0 Å². The highest BCUT2D eigenvalue weighted by molar-refractivity contribution is 5.83. The van der Waals surface area contributed by atoms with Gasteiger partial charge in [-0.3, -0.25) is 0 Å². The lowest BCUT2D eigenvalue weighted by atomic mass is 9.99. The molecule has 5 rings (SSSR count). The van der Waals surface area contributed by atoms with Crippen molar-refractivity contribution >= 4 is 16.9 Å². The highest BCUT2D eigenvalue weighted by Crippen LogP contribution is 2.38. The van der Waals surface area contributed by atoms with E-state index in [9.17, 15) is 0 Å². The summed E-state index contributed by atoms with van der Waals surface area (Å²) >= 11 is 0. The van der Waals surface area contributed by atoms with Gasteiger partial charge in [0.15, 0.2) is 0 Å². The van der Waals surface area contributed by atoms with Crippen LogP contribution in [0.3, 0.4) is 0 Å². The molecule has 0 bridgehead atoms. The van der Waals surface area contributed by atoms with E-state index in [4.69, 9.17) is 0 Å². The maximum absolute atomic E-state index is 3.75. The second kappa shape index (κ2) is 9.14. The summed E-state index contributed by atoms with van der Waals surface area (Å²) in [4.78, 5) is 4.85. The third-order valence-corrected chi connectivity index (χ3v) is 6.98. The molecule has 1 saturated heterocycles. The molecule has 0 amide bonds. The molecule has 1 N–H and O–H groups in total. The van der Waals surface area contributed by atoms with Crippen LogP contribution in [0.15, 0.2) is 84.5 Å². The van der Waals surface area contributed by atoms with Gasteiger partial charge in [0.25, 0.3) is 0 Å². The number of nitrogens with one attached hydrogen (secondary N) is 1. The normalized spacial score (nSPS) is 17.6. The first-order valence-corrected chi connectivity index (χ1v) is 12.5. The summed E-state index contributed by atoms with van der Waals surface area (Å²) in [5.74, 6) is 1.16. The Hall–Kier alpha value is -3.72. The lowest BCUT2D eigenvalue weighted by molar-refractivity contribution is 0.925. The van der Waals surface area contributed by atoms with Gasteiger partial charge in [0.2, 0.25) is 0 Å². The Morgan fingerprint density at radius 2 is 1.29 bits per heavy atom. The molecular formula is C32H35N3. The summed E-state index contributed by atoms with van der Waals surface area (Å²) in [7, 11) is 0. The molecule has 0 saturated carbocycles. The van der Waals surface area contributed by atoms with Crippen molar-refractivity contribution in [3.63, 3.8) is 0 Å². The third-order valence-electron chi connectivity index (χ3n) is 6.98. The van der Waals surface area contributed by atoms with Crippen LogP contribution in [0.5, 0.6) is 0 Å². The van der Waals surface area contributed by atoms with Crippen LogP contribution in [0.1, 0.15) is 38.9 Å². The minimum Gasteiger partial charge on any atom is -0.368 e. The molecule has 3 heteroatoms. The molecule has 0 unspecified atom stereocenters. The standard InChI is InChI=1S/C32H35N3/c1-21-16-23(3)30(24(4)17-21)34-14-12-28(27-10-8-7-9-11-27)20-29(34)32-33-13-15-35(32)31-25(5)18-22(2)19-26(31)6/h7-12,14,16-20,33H,13,15H2,1-6H3. The Labute approximate surface area is 210 Å². The van der Waals surface area contributed by atoms with Gasteiger partial charge in [-0.05, 0) is 87.1 Å². The van der Waals surface area contributed by atoms with Crippen LogP contribution in [-0.2, 0) is 0 Å². The second-order valence-electron chi connectivity index (χ2n) is 9.96. The number of anilines is 2. The summed E-state index contributed by atoms with van der Waals surface area (Å²) in [5, 5.41) is 3.75. The zero-order valence-corrected chi connectivity index (χ0v) is 21.7. The zero-order chi connectivity index (χ0) is 24.7. The number of rotatable bonds is 3. The van der Waals surface area contributed by atoms with E-state index in [1.54, 1.807) is 0 Å². The molecule has 35 heavy (non-hydrogen) atoms. The van der Waals surface area contributed by atoms with Crippen molar-refractivity contribution in [2.75, 3.05) is 22.9 Å². The number of benzene rings is 3. The van der Waals surface area contributed by atoms with E-state index in [1.807, 2.05) is 0 Å². The minimum atomic E-state index is 0.920. The van der Waals surface area contributed by atoms with Crippen molar-refractivity contribution < 1.29 is 0 Å². The number of hydrogen-bond donors (Lipinski definition) is 1. The van der Waals surface area contributed by atoms with Crippen LogP contribution in [0.25, 0.3) is 5.57 Å². The molecule has 0 spiro atoms. The molecular weight excluding hydrogens is 426 g/mol. The van der Waals surface area contributed by atoms with E-state index in [0.717, 1.165) is 18.9 Å². The average molecular weight is 462 g/mol. The Balaban J connectivity index is 1.72. The van der Waals surface area contributed by atoms with Crippen molar-refractivity contribution in [1.29, 1.82) is 0 Å². The van der Waals surface area contributed by atoms with Gasteiger partial charge < -0.3 is 15.1 Å². The van der Waals surface area contributed by atoms with Crippen molar-refractivity contribution in [3.05, 3.63) is 123 Å². The number of aryl methyl sites for hydroxylation is 6. The van der Waals surface area contributed by atoms with Crippen molar-refractivity contribution in [2.24, 2.45) is 0 Å². The van der Waals surface area contributed by atoms with Gasteiger partial charge >= 0.3 is 0 Å². The summed E-state index contributed by atoms with van der Waals surface area (Å²) in [6.07, 6.45) is 6.82. The van der Waals surface area contributed by atoms with Crippen molar-refractivity contribution in [2.45, 2.75) is 41.5 Å². The van der Waals surface area contributed by atoms with E-state index < -0.39 is 0 Å². The van der Waals surface area contributed by atoms with Gasteiger partial charge in [0, 0.05) is 25.0 Å². The molecule has 3 nitrogen and oxygen atoms in total. The predicted molar refractivity (Wildman–Crippen MR) is 150 cm³/mol. The lowest BCUT2D eigenvalue weighted by Gasteiger charge is -2.33. The van der Waals surface area contributed by atoms with Crippen LogP contribution in [-0.4, -0.2) is 13.1 Å². The third kappa shape index (κ3) is 4.27. The van der Waals surface area contributed by atoms with E-state index in [2.05, 4.69) is 130 Å². The monoisotopic (exact) mass is 461 g/mol. The quantitative estimate of drug-likeness (QED) is 0.444. The van der Waals surface area contributed by atoms with Crippen molar-refractivity contribution in [1.82, 2.24) is 5.32 Å². The maximum Gasteiger partial charge on any atom is 0.131 e. The lowest BCUT2D eigenvalue weighted by Crippen LogP contribution is -2.29. The SMILES string of the molecule is Cc1cc(C)c(N2C=CC(c3ccccc3)=CC2=C2NCCN2c2c(C)cc(C)cc2C)c(C)c1. The Morgan fingerprint density at radius 1 is 0.714 bits per heavy atom. The second-order valence-corrected chi connectivity index (χ2v) is 9.96. The molecule has 0 aromatic heterocycles. The van der Waals surface area contributed by atoms with Gasteiger partial charge in [-0.15, -0.1) is 0 Å². The molecule has 178 valence electrons. The number of nitrogens with zero attached hydrogens (tertiary/aromatic N) is 2. The molecule has 0 radical (unpaired) electrons. The van der Waals surface area contributed by atoms with Gasteiger partial charge in [-0.2, -0.15) is 0 Å². The fourth-order valence-corrected chi connectivity index (χ4v) is 5.78. The fraction of sp³-hybridized carbons (Fsp3) is 0.250. The molecule has 0 atom stereocenters. The maximum atomic E-state index is 3.75. The van der Waals surface area contributed by atoms with E-state index >= 15 is 0 Å². The van der Waals surface area contributed by atoms with Crippen LogP contribution in [0.4, 0.5) is 11.4 Å². The first-order chi connectivity index (χ1) is 16.8. The van der Waals surface area contributed by atoms with Gasteiger partial charge in [0.05, 0.1) is 11.4 Å². The molecule has 2 aliphatic rings. The first kappa shape index (κ1) is 23.0. The fourth-order valence-electron chi connectivity index (χ4n) is 5.78. The van der Waals surface area contributed by atoms with Gasteiger partial charge in [0.1, 0.15) is 5.82 Å². The zero-order valence-electron chi connectivity index (χ0n) is 21.7. The summed E-state index contributed by atoms with van der Waals surface area (Å²) in [6.45, 7) is 15.1. The van der Waals surface area contributed by atoms with Crippen LogP contribution >= 0.6 is 0 Å². The smallest absolute Gasteiger partial charge is 0.131 e. The van der Waals surface area contributed by atoms with Gasteiger partial charge in [-0.25, -0.2) is 0 Å². The van der Waals surface area contributed by atoms with E-state index in [1.165, 1.54) is 61.6 Å². The largest absolute Gasteiger partial charge is 0.368 e. The van der Waals surface area contributed by atoms with Crippen molar-refractivity contribution in [3.8, 4) is 0 Å². The van der Waals surface area contributed by atoms with Crippen LogP contribution < -0.4 is 15.1 Å². The predicted octanol–water partition coefficient (Wildman–Crippen LogP) is 7.23. The summed E-state index contributed by atoms with van der Waals surface area (Å²) < 4.78 is 0. The molecule has 3 aromatic rings. The molecule has 3 aromatic carbocycles.